The first-order chi connectivity index (χ1) is 9.33. The quantitative estimate of drug-likeness (QED) is 0.759. The summed E-state index contributed by atoms with van der Waals surface area (Å²) >= 11 is 8.04. The molecule has 108 valence electrons. The zero-order chi connectivity index (χ0) is 14.9. The highest BCUT2D eigenvalue weighted by atomic mass is 79.9. The van der Waals surface area contributed by atoms with E-state index in [-0.39, 0.29) is 4.90 Å². The minimum Gasteiger partial charge on any atom is -0.326 e. The lowest BCUT2D eigenvalue weighted by Crippen LogP contribution is -2.13. The van der Waals surface area contributed by atoms with Gasteiger partial charge in [0.15, 0.2) is 0 Å². The molecule has 0 aliphatic carbocycles. The molecule has 0 saturated heterocycles. The molecular weight excluding hydrogens is 428 g/mol. The summed E-state index contributed by atoms with van der Waals surface area (Å²) in [6.07, 6.45) is 0. The predicted octanol–water partition coefficient (Wildman–Crippen LogP) is 3.84. The van der Waals surface area contributed by atoms with Crippen molar-refractivity contribution in [3.05, 3.63) is 43.0 Å². The van der Waals surface area contributed by atoms with E-state index in [1.54, 1.807) is 25.1 Å². The Morgan fingerprint density at radius 3 is 2.60 bits per heavy atom. The van der Waals surface area contributed by atoms with Gasteiger partial charge in [-0.15, -0.1) is 11.3 Å². The molecule has 3 N–H and O–H groups in total. The standard InChI is InChI=1S/C12H12Br2N2O2S2/c1-7-12(5-9(6-15)19-7)20(17,18)16-11-4-8(13)2-3-10(11)14/h2-5,16H,6,15H2,1H3. The van der Waals surface area contributed by atoms with Crippen molar-refractivity contribution >= 4 is 58.9 Å². The summed E-state index contributed by atoms with van der Waals surface area (Å²) in [6, 6.07) is 6.92. The number of aryl methyl sites for hydroxylation is 1. The van der Waals surface area contributed by atoms with Crippen LogP contribution in [-0.2, 0) is 16.6 Å². The van der Waals surface area contributed by atoms with Gasteiger partial charge in [-0.05, 0) is 47.1 Å². The number of hydrogen-bond donors (Lipinski definition) is 2. The van der Waals surface area contributed by atoms with E-state index in [1.165, 1.54) is 11.3 Å². The highest BCUT2D eigenvalue weighted by Crippen LogP contribution is 2.31. The van der Waals surface area contributed by atoms with E-state index in [0.717, 1.165) is 14.2 Å². The summed E-state index contributed by atoms with van der Waals surface area (Å²) in [4.78, 5) is 1.84. The van der Waals surface area contributed by atoms with E-state index in [0.29, 0.717) is 16.7 Å². The van der Waals surface area contributed by atoms with E-state index in [9.17, 15) is 8.42 Å². The number of nitrogens with two attached hydrogens (primary N) is 1. The fraction of sp³-hybridized carbons (Fsp3) is 0.167. The summed E-state index contributed by atoms with van der Waals surface area (Å²) in [5.41, 5.74) is 6.04. The molecule has 0 amide bonds. The van der Waals surface area contributed by atoms with Gasteiger partial charge in [-0.25, -0.2) is 8.42 Å². The van der Waals surface area contributed by atoms with E-state index < -0.39 is 10.0 Å². The molecule has 2 rings (SSSR count). The van der Waals surface area contributed by atoms with Gasteiger partial charge >= 0.3 is 0 Å². The zero-order valence-corrected chi connectivity index (χ0v) is 15.3. The molecule has 0 saturated carbocycles. The topological polar surface area (TPSA) is 72.2 Å². The molecular formula is C12H12Br2N2O2S2. The van der Waals surface area contributed by atoms with Gasteiger partial charge in [-0.2, -0.15) is 0 Å². The molecule has 20 heavy (non-hydrogen) atoms. The van der Waals surface area contributed by atoms with Gasteiger partial charge < -0.3 is 5.73 Å². The average Bonchev–Trinajstić information content (AvgIpc) is 2.76. The van der Waals surface area contributed by atoms with E-state index in [2.05, 4.69) is 36.6 Å². The Bertz CT molecular complexity index is 742. The second kappa shape index (κ2) is 6.15. The molecule has 0 aliphatic rings. The van der Waals surface area contributed by atoms with Crippen LogP contribution >= 0.6 is 43.2 Å². The van der Waals surface area contributed by atoms with Gasteiger partial charge in [0.25, 0.3) is 10.0 Å². The first-order valence-corrected chi connectivity index (χ1v) is 9.49. The molecule has 0 aliphatic heterocycles. The first kappa shape index (κ1) is 16.0. The predicted molar refractivity (Wildman–Crippen MR) is 89.6 cm³/mol. The SMILES string of the molecule is Cc1sc(CN)cc1S(=O)(=O)Nc1cc(Br)ccc1Br. The van der Waals surface area contributed by atoms with E-state index in [4.69, 9.17) is 5.73 Å². The van der Waals surface area contributed by atoms with Gasteiger partial charge in [-0.3, -0.25) is 4.72 Å². The van der Waals surface area contributed by atoms with Crippen molar-refractivity contribution in [1.82, 2.24) is 0 Å². The Hall–Kier alpha value is -0.410. The monoisotopic (exact) mass is 438 g/mol. The highest BCUT2D eigenvalue weighted by molar-refractivity contribution is 9.11. The van der Waals surface area contributed by atoms with Crippen LogP contribution in [0.5, 0.6) is 0 Å². The molecule has 0 spiro atoms. The van der Waals surface area contributed by atoms with Crippen molar-refractivity contribution in [3.8, 4) is 0 Å². The average molecular weight is 440 g/mol. The van der Waals surface area contributed by atoms with Crippen LogP contribution in [0.1, 0.15) is 9.75 Å². The summed E-state index contributed by atoms with van der Waals surface area (Å²) in [7, 11) is -3.62. The van der Waals surface area contributed by atoms with Crippen LogP contribution in [0.3, 0.4) is 0 Å². The van der Waals surface area contributed by atoms with Crippen LogP contribution in [0, 0.1) is 6.92 Å². The van der Waals surface area contributed by atoms with Gasteiger partial charge in [-0.1, -0.05) is 15.9 Å². The van der Waals surface area contributed by atoms with E-state index in [1.807, 2.05) is 6.07 Å². The second-order valence-electron chi connectivity index (χ2n) is 4.07. The first-order valence-electron chi connectivity index (χ1n) is 5.60. The van der Waals surface area contributed by atoms with Crippen molar-refractivity contribution in [1.29, 1.82) is 0 Å². The zero-order valence-electron chi connectivity index (χ0n) is 10.5. The molecule has 1 aromatic heterocycles. The molecule has 0 unspecified atom stereocenters. The van der Waals surface area contributed by atoms with Crippen molar-refractivity contribution in [2.75, 3.05) is 4.72 Å². The van der Waals surface area contributed by atoms with Crippen LogP contribution < -0.4 is 10.5 Å². The second-order valence-corrected chi connectivity index (χ2v) is 8.83. The lowest BCUT2D eigenvalue weighted by molar-refractivity contribution is 0.601. The van der Waals surface area contributed by atoms with Crippen LogP contribution in [0.4, 0.5) is 5.69 Å². The molecule has 0 radical (unpaired) electrons. The van der Waals surface area contributed by atoms with Gasteiger partial charge in [0.05, 0.1) is 5.69 Å². The number of sulfonamides is 1. The lowest BCUT2D eigenvalue weighted by Gasteiger charge is -2.09. The van der Waals surface area contributed by atoms with Crippen LogP contribution in [-0.4, -0.2) is 8.42 Å². The highest BCUT2D eigenvalue weighted by Gasteiger charge is 2.20. The number of rotatable bonds is 4. The maximum atomic E-state index is 12.4. The van der Waals surface area contributed by atoms with Gasteiger partial charge in [0, 0.05) is 25.2 Å². The lowest BCUT2D eigenvalue weighted by atomic mass is 10.3. The Balaban J connectivity index is 2.40. The summed E-state index contributed by atoms with van der Waals surface area (Å²) in [6.45, 7) is 2.11. The minimum atomic E-state index is -3.62. The molecule has 2 aromatic rings. The number of halogens is 2. The smallest absolute Gasteiger partial charge is 0.263 e. The molecule has 1 heterocycles. The molecule has 1 aromatic carbocycles. The Morgan fingerprint density at radius 1 is 1.30 bits per heavy atom. The fourth-order valence-corrected chi connectivity index (χ4v) is 5.09. The molecule has 4 nitrogen and oxygen atoms in total. The van der Waals surface area contributed by atoms with Gasteiger partial charge in [0.1, 0.15) is 4.90 Å². The minimum absolute atomic E-state index is 0.273. The third-order valence-electron chi connectivity index (χ3n) is 2.59. The van der Waals surface area contributed by atoms with Gasteiger partial charge in [0.2, 0.25) is 0 Å². The number of anilines is 1. The molecule has 8 heteroatoms. The number of thiophene rings is 1. The Morgan fingerprint density at radius 2 is 2.00 bits per heavy atom. The van der Waals surface area contributed by atoms with Crippen LogP contribution in [0.25, 0.3) is 0 Å². The van der Waals surface area contributed by atoms with Crippen LogP contribution in [0.15, 0.2) is 38.1 Å². The number of benzene rings is 1. The van der Waals surface area contributed by atoms with Crippen molar-refractivity contribution in [2.45, 2.75) is 18.4 Å². The molecule has 0 atom stereocenters. The van der Waals surface area contributed by atoms with Crippen molar-refractivity contribution < 1.29 is 8.42 Å². The van der Waals surface area contributed by atoms with Crippen molar-refractivity contribution in [3.63, 3.8) is 0 Å². The van der Waals surface area contributed by atoms with Crippen molar-refractivity contribution in [2.24, 2.45) is 5.73 Å². The van der Waals surface area contributed by atoms with E-state index >= 15 is 0 Å². The molecule has 0 fully saturated rings. The maximum Gasteiger partial charge on any atom is 0.263 e. The summed E-state index contributed by atoms with van der Waals surface area (Å²) in [5, 5.41) is 0. The molecule has 0 bridgehead atoms. The number of hydrogen-bond acceptors (Lipinski definition) is 4. The summed E-state index contributed by atoms with van der Waals surface area (Å²) in [5.74, 6) is 0. The normalized spacial score (nSPS) is 11.6. The number of nitrogens with one attached hydrogen (secondary N) is 1. The summed E-state index contributed by atoms with van der Waals surface area (Å²) < 4.78 is 28.9. The Kier molecular flexibility index (Phi) is 4.91. The third-order valence-corrected chi connectivity index (χ3v) is 6.47. The van der Waals surface area contributed by atoms with Crippen LogP contribution in [0.2, 0.25) is 0 Å². The largest absolute Gasteiger partial charge is 0.326 e. The maximum absolute atomic E-state index is 12.4. The fourth-order valence-electron chi connectivity index (χ4n) is 1.67. The Labute approximate surface area is 138 Å². The third kappa shape index (κ3) is 3.43.